The summed E-state index contributed by atoms with van der Waals surface area (Å²) in [5.41, 5.74) is 3.30. The first kappa shape index (κ1) is 12.3. The lowest BCUT2D eigenvalue weighted by Crippen LogP contribution is -1.91. The summed E-state index contributed by atoms with van der Waals surface area (Å²) in [5.74, 6) is 0.747. The molecule has 0 spiro atoms. The van der Waals surface area contributed by atoms with E-state index < -0.39 is 0 Å². The molecule has 0 aliphatic carbocycles. The van der Waals surface area contributed by atoms with Crippen LogP contribution in [0.4, 0.5) is 0 Å². The van der Waals surface area contributed by atoms with Gasteiger partial charge in [-0.1, -0.05) is 31.2 Å². The summed E-state index contributed by atoms with van der Waals surface area (Å²) in [4.78, 5) is 8.69. The second-order valence-corrected chi connectivity index (χ2v) is 4.05. The summed E-state index contributed by atoms with van der Waals surface area (Å²) in [6, 6.07) is 8.04. The van der Waals surface area contributed by atoms with Crippen molar-refractivity contribution in [2.45, 2.75) is 19.8 Å². The van der Waals surface area contributed by atoms with E-state index in [4.69, 9.17) is 5.11 Å². The molecule has 1 heterocycles. The maximum absolute atomic E-state index is 8.61. The van der Waals surface area contributed by atoms with E-state index >= 15 is 0 Å². The highest BCUT2D eigenvalue weighted by Crippen LogP contribution is 2.15. The second kappa shape index (κ2) is 5.96. The molecule has 2 aromatic rings. The number of aliphatic hydroxyl groups excluding tert-OH is 1. The molecule has 1 N–H and O–H groups in total. The number of aryl methyl sites for hydroxylation is 1. The van der Waals surface area contributed by atoms with Crippen LogP contribution in [-0.2, 0) is 12.8 Å². The van der Waals surface area contributed by atoms with E-state index in [9.17, 15) is 0 Å². The van der Waals surface area contributed by atoms with Crippen LogP contribution in [0.5, 0.6) is 0 Å². The molecule has 0 aliphatic rings. The van der Waals surface area contributed by atoms with Gasteiger partial charge in [-0.3, -0.25) is 0 Å². The zero-order valence-electron chi connectivity index (χ0n) is 10.4. The quantitative estimate of drug-likeness (QED) is 0.834. The number of hydrogen-bond acceptors (Lipinski definition) is 3. The lowest BCUT2D eigenvalue weighted by atomic mass is 10.1. The van der Waals surface area contributed by atoms with Crippen molar-refractivity contribution < 1.29 is 5.11 Å². The molecular formula is C15H16N2O. The number of aromatic nitrogens is 2. The zero-order chi connectivity index (χ0) is 12.8. The second-order valence-electron chi connectivity index (χ2n) is 4.05. The summed E-state index contributed by atoms with van der Waals surface area (Å²) >= 11 is 0. The molecule has 0 saturated heterocycles. The summed E-state index contributed by atoms with van der Waals surface area (Å²) in [5, 5.41) is 8.61. The fraction of sp³-hybridized carbons (Fsp3) is 0.200. The van der Waals surface area contributed by atoms with Gasteiger partial charge in [0.25, 0.3) is 0 Å². The standard InChI is InChI=1S/C15H16N2O/c1-2-12-10-16-15(17-11-12)14-7-5-13(6-8-14)4-3-9-18/h3,5-11,18H,2,4H2,1H3/b9-3+. The highest BCUT2D eigenvalue weighted by Gasteiger charge is 2.00. The molecule has 0 atom stereocenters. The summed E-state index contributed by atoms with van der Waals surface area (Å²) in [6.07, 6.45) is 8.19. The molecular weight excluding hydrogens is 224 g/mol. The average molecular weight is 240 g/mol. The van der Waals surface area contributed by atoms with Gasteiger partial charge in [-0.05, 0) is 30.0 Å². The molecule has 0 amide bonds. The Bertz CT molecular complexity index is 515. The van der Waals surface area contributed by atoms with Gasteiger partial charge in [0.05, 0.1) is 6.26 Å². The van der Waals surface area contributed by atoms with Crippen LogP contribution in [-0.4, -0.2) is 15.1 Å². The number of aliphatic hydroxyl groups is 1. The van der Waals surface area contributed by atoms with E-state index in [1.165, 1.54) is 0 Å². The Hall–Kier alpha value is -2.16. The number of rotatable bonds is 4. The topological polar surface area (TPSA) is 46.0 Å². The molecule has 2 rings (SSSR count). The molecule has 1 aromatic heterocycles. The lowest BCUT2D eigenvalue weighted by Gasteiger charge is -2.02. The van der Waals surface area contributed by atoms with Crippen molar-refractivity contribution in [3.8, 4) is 11.4 Å². The van der Waals surface area contributed by atoms with Crippen molar-refractivity contribution in [2.75, 3.05) is 0 Å². The third kappa shape index (κ3) is 2.94. The maximum atomic E-state index is 8.61. The molecule has 0 fully saturated rings. The van der Waals surface area contributed by atoms with Crippen LogP contribution < -0.4 is 0 Å². The molecule has 3 nitrogen and oxygen atoms in total. The smallest absolute Gasteiger partial charge is 0.159 e. The summed E-state index contributed by atoms with van der Waals surface area (Å²) in [6.45, 7) is 2.09. The highest BCUT2D eigenvalue weighted by atomic mass is 16.2. The predicted molar refractivity (Wildman–Crippen MR) is 72.3 cm³/mol. The van der Waals surface area contributed by atoms with Gasteiger partial charge >= 0.3 is 0 Å². The fourth-order valence-corrected chi connectivity index (χ4v) is 1.67. The van der Waals surface area contributed by atoms with Crippen molar-refractivity contribution in [1.29, 1.82) is 0 Å². The van der Waals surface area contributed by atoms with Crippen molar-refractivity contribution >= 4 is 0 Å². The Morgan fingerprint density at radius 3 is 2.28 bits per heavy atom. The van der Waals surface area contributed by atoms with Crippen LogP contribution >= 0.6 is 0 Å². The van der Waals surface area contributed by atoms with Crippen molar-refractivity contribution in [3.05, 3.63) is 60.1 Å². The molecule has 0 aliphatic heterocycles. The van der Waals surface area contributed by atoms with Crippen LogP contribution in [0, 0.1) is 0 Å². The Labute approximate surface area is 107 Å². The summed E-state index contributed by atoms with van der Waals surface area (Å²) < 4.78 is 0. The zero-order valence-corrected chi connectivity index (χ0v) is 10.4. The SMILES string of the molecule is CCc1cnc(-c2ccc(C/C=C/O)cc2)nc1. The van der Waals surface area contributed by atoms with E-state index in [0.717, 1.165) is 41.6 Å². The molecule has 18 heavy (non-hydrogen) atoms. The number of nitrogens with zero attached hydrogens (tertiary/aromatic N) is 2. The van der Waals surface area contributed by atoms with E-state index in [-0.39, 0.29) is 0 Å². The van der Waals surface area contributed by atoms with Crippen LogP contribution in [0.15, 0.2) is 49.0 Å². The van der Waals surface area contributed by atoms with Gasteiger partial charge in [0.15, 0.2) is 5.82 Å². The lowest BCUT2D eigenvalue weighted by molar-refractivity contribution is 0.471. The number of hydrogen-bond donors (Lipinski definition) is 1. The van der Waals surface area contributed by atoms with Crippen LogP contribution in [0.2, 0.25) is 0 Å². The first-order valence-corrected chi connectivity index (χ1v) is 6.03. The Kier molecular flexibility index (Phi) is 4.07. The molecule has 1 aromatic carbocycles. The van der Waals surface area contributed by atoms with Crippen molar-refractivity contribution in [2.24, 2.45) is 0 Å². The minimum Gasteiger partial charge on any atom is -0.516 e. The maximum Gasteiger partial charge on any atom is 0.159 e. The van der Waals surface area contributed by atoms with Gasteiger partial charge in [-0.2, -0.15) is 0 Å². The number of allylic oxidation sites excluding steroid dienone is 1. The normalized spacial score (nSPS) is 10.9. The van der Waals surface area contributed by atoms with Gasteiger partial charge in [0.2, 0.25) is 0 Å². The first-order valence-electron chi connectivity index (χ1n) is 6.03. The van der Waals surface area contributed by atoms with E-state index in [1.54, 1.807) is 6.08 Å². The molecule has 0 bridgehead atoms. The van der Waals surface area contributed by atoms with Gasteiger partial charge in [-0.15, -0.1) is 0 Å². The Balaban J connectivity index is 2.17. The molecule has 92 valence electrons. The number of benzene rings is 1. The first-order chi connectivity index (χ1) is 8.83. The highest BCUT2D eigenvalue weighted by molar-refractivity contribution is 5.55. The fourth-order valence-electron chi connectivity index (χ4n) is 1.67. The Morgan fingerprint density at radius 1 is 1.06 bits per heavy atom. The molecule has 3 heteroatoms. The van der Waals surface area contributed by atoms with Crippen molar-refractivity contribution in [1.82, 2.24) is 9.97 Å². The molecule has 0 saturated carbocycles. The van der Waals surface area contributed by atoms with Crippen LogP contribution in [0.3, 0.4) is 0 Å². The summed E-state index contributed by atoms with van der Waals surface area (Å²) in [7, 11) is 0. The van der Waals surface area contributed by atoms with E-state index in [0.29, 0.717) is 0 Å². The van der Waals surface area contributed by atoms with Crippen LogP contribution in [0.1, 0.15) is 18.1 Å². The van der Waals surface area contributed by atoms with E-state index in [1.807, 2.05) is 36.7 Å². The monoisotopic (exact) mass is 240 g/mol. The van der Waals surface area contributed by atoms with Gasteiger partial charge < -0.3 is 5.11 Å². The third-order valence-corrected chi connectivity index (χ3v) is 2.78. The molecule has 0 unspecified atom stereocenters. The van der Waals surface area contributed by atoms with Gasteiger partial charge in [0, 0.05) is 18.0 Å². The van der Waals surface area contributed by atoms with Gasteiger partial charge in [0.1, 0.15) is 0 Å². The average Bonchev–Trinajstić information content (AvgIpc) is 2.46. The largest absolute Gasteiger partial charge is 0.516 e. The van der Waals surface area contributed by atoms with Crippen molar-refractivity contribution in [3.63, 3.8) is 0 Å². The predicted octanol–water partition coefficient (Wildman–Crippen LogP) is 3.32. The van der Waals surface area contributed by atoms with Crippen LogP contribution in [0.25, 0.3) is 11.4 Å². The minimum atomic E-state index is 0.729. The third-order valence-electron chi connectivity index (χ3n) is 2.78. The van der Waals surface area contributed by atoms with Gasteiger partial charge in [-0.25, -0.2) is 9.97 Å². The minimum absolute atomic E-state index is 0.729. The molecule has 0 radical (unpaired) electrons. The Morgan fingerprint density at radius 2 is 1.72 bits per heavy atom. The van der Waals surface area contributed by atoms with E-state index in [2.05, 4.69) is 16.9 Å².